The number of rotatable bonds is 7. The number of nitrogens with two attached hydrogens (primary N) is 1. The van der Waals surface area contributed by atoms with Gasteiger partial charge in [0.15, 0.2) is 0 Å². The van der Waals surface area contributed by atoms with Crippen LogP contribution >= 0.6 is 24.8 Å². The fraction of sp³-hybridized carbons (Fsp3) is 0.429. The normalized spacial score (nSPS) is 11.2. The average Bonchev–Trinajstić information content (AvgIpc) is 2.65. The van der Waals surface area contributed by atoms with Gasteiger partial charge in [0.25, 0.3) is 5.91 Å². The molecule has 1 aromatic heterocycles. The van der Waals surface area contributed by atoms with Gasteiger partial charge in [-0.15, -0.1) is 24.8 Å². The highest BCUT2D eigenvalue weighted by molar-refractivity contribution is 5.95. The maximum atomic E-state index is 12.7. The molecule has 7 heteroatoms. The van der Waals surface area contributed by atoms with E-state index in [1.165, 1.54) is 0 Å². The second-order valence-electron chi connectivity index (χ2n) is 7.33. The molecule has 0 bridgehead atoms. The van der Waals surface area contributed by atoms with Gasteiger partial charge in [-0.05, 0) is 36.1 Å². The largest absolute Gasteiger partial charge is 0.378 e. The molecular formula is C21H32Cl2N4O. The second kappa shape index (κ2) is 11.9. The third-order valence-corrected chi connectivity index (χ3v) is 4.70. The molecule has 0 aliphatic carbocycles. The van der Waals surface area contributed by atoms with Crippen LogP contribution in [0.4, 0.5) is 5.69 Å². The maximum absolute atomic E-state index is 12.7. The summed E-state index contributed by atoms with van der Waals surface area (Å²) in [6.07, 6.45) is 4.20. The average molecular weight is 427 g/mol. The van der Waals surface area contributed by atoms with Crippen LogP contribution < -0.4 is 10.6 Å². The number of amides is 1. The van der Waals surface area contributed by atoms with Crippen LogP contribution in [0.1, 0.15) is 30.6 Å². The molecule has 0 fully saturated rings. The van der Waals surface area contributed by atoms with Gasteiger partial charge in [0.05, 0.1) is 5.56 Å². The molecule has 0 saturated heterocycles. The van der Waals surface area contributed by atoms with Crippen molar-refractivity contribution < 1.29 is 4.79 Å². The molecule has 156 valence electrons. The Labute approximate surface area is 181 Å². The van der Waals surface area contributed by atoms with Crippen molar-refractivity contribution in [3.63, 3.8) is 0 Å². The minimum Gasteiger partial charge on any atom is -0.378 e. The molecule has 0 aliphatic rings. The summed E-state index contributed by atoms with van der Waals surface area (Å²) >= 11 is 0. The number of hydrogen-bond acceptors (Lipinski definition) is 4. The minimum absolute atomic E-state index is 0. The maximum Gasteiger partial charge on any atom is 0.255 e. The predicted molar refractivity (Wildman–Crippen MR) is 123 cm³/mol. The monoisotopic (exact) mass is 426 g/mol. The fourth-order valence-electron chi connectivity index (χ4n) is 2.66. The zero-order valence-corrected chi connectivity index (χ0v) is 18.9. The fourth-order valence-corrected chi connectivity index (χ4v) is 2.66. The molecule has 1 amide bonds. The summed E-state index contributed by atoms with van der Waals surface area (Å²) in [6.45, 7) is 4.84. The number of carbonyl (C=O) groups is 1. The van der Waals surface area contributed by atoms with Crippen LogP contribution in [0.3, 0.4) is 0 Å². The van der Waals surface area contributed by atoms with Gasteiger partial charge in [-0.2, -0.15) is 0 Å². The Morgan fingerprint density at radius 1 is 1.04 bits per heavy atom. The topological polar surface area (TPSA) is 62.5 Å². The van der Waals surface area contributed by atoms with E-state index in [2.05, 4.69) is 35.9 Å². The first-order chi connectivity index (χ1) is 12.3. The van der Waals surface area contributed by atoms with E-state index >= 15 is 0 Å². The van der Waals surface area contributed by atoms with E-state index in [9.17, 15) is 4.79 Å². The van der Waals surface area contributed by atoms with Crippen molar-refractivity contribution in [3.8, 4) is 11.1 Å². The molecule has 1 atom stereocenters. The van der Waals surface area contributed by atoms with Gasteiger partial charge >= 0.3 is 0 Å². The summed E-state index contributed by atoms with van der Waals surface area (Å²) in [5, 5.41) is 0. The molecule has 28 heavy (non-hydrogen) atoms. The van der Waals surface area contributed by atoms with E-state index in [-0.39, 0.29) is 36.8 Å². The van der Waals surface area contributed by atoms with Crippen LogP contribution in [-0.4, -0.2) is 49.5 Å². The molecule has 0 saturated carbocycles. The van der Waals surface area contributed by atoms with Crippen LogP contribution in [0.5, 0.6) is 0 Å². The highest BCUT2D eigenvalue weighted by Crippen LogP contribution is 2.23. The summed E-state index contributed by atoms with van der Waals surface area (Å²) in [5.41, 5.74) is 9.80. The van der Waals surface area contributed by atoms with Crippen molar-refractivity contribution in [2.45, 2.75) is 26.3 Å². The lowest BCUT2D eigenvalue weighted by Crippen LogP contribution is -2.34. The van der Waals surface area contributed by atoms with Crippen molar-refractivity contribution in [2.75, 3.05) is 32.6 Å². The van der Waals surface area contributed by atoms with Crippen molar-refractivity contribution in [1.29, 1.82) is 0 Å². The molecule has 0 spiro atoms. The van der Waals surface area contributed by atoms with Gasteiger partial charge < -0.3 is 15.5 Å². The summed E-state index contributed by atoms with van der Waals surface area (Å²) in [6, 6.07) is 10.2. The summed E-state index contributed by atoms with van der Waals surface area (Å²) in [5.74, 6) is 0.383. The lowest BCUT2D eigenvalue weighted by Gasteiger charge is -2.21. The van der Waals surface area contributed by atoms with Crippen LogP contribution in [0.2, 0.25) is 0 Å². The number of carbonyl (C=O) groups excluding carboxylic acids is 1. The van der Waals surface area contributed by atoms with Crippen molar-refractivity contribution in [1.82, 2.24) is 9.88 Å². The molecule has 2 rings (SSSR count). The minimum atomic E-state index is -0.0276. The lowest BCUT2D eigenvalue weighted by molar-refractivity contribution is 0.0789. The highest BCUT2D eigenvalue weighted by atomic mass is 35.5. The lowest BCUT2D eigenvalue weighted by atomic mass is 10.0. The molecule has 0 aliphatic heterocycles. The van der Waals surface area contributed by atoms with E-state index in [1.807, 2.05) is 39.3 Å². The van der Waals surface area contributed by atoms with Gasteiger partial charge in [0.2, 0.25) is 0 Å². The second-order valence-corrected chi connectivity index (χ2v) is 7.33. The smallest absolute Gasteiger partial charge is 0.255 e. The molecule has 5 nitrogen and oxygen atoms in total. The van der Waals surface area contributed by atoms with Crippen molar-refractivity contribution in [3.05, 3.63) is 48.3 Å². The van der Waals surface area contributed by atoms with Gasteiger partial charge in [-0.1, -0.05) is 26.0 Å². The quantitative estimate of drug-likeness (QED) is 0.723. The Bertz CT molecular complexity index is 735. The van der Waals surface area contributed by atoms with Crippen LogP contribution in [0.25, 0.3) is 11.1 Å². The summed E-state index contributed by atoms with van der Waals surface area (Å²) < 4.78 is 0. The first-order valence-electron chi connectivity index (χ1n) is 9.03. The van der Waals surface area contributed by atoms with Gasteiger partial charge in [-0.3, -0.25) is 9.78 Å². The van der Waals surface area contributed by atoms with Crippen molar-refractivity contribution in [2.24, 2.45) is 11.7 Å². The first kappa shape index (κ1) is 26.2. The molecular weight excluding hydrogens is 395 g/mol. The van der Waals surface area contributed by atoms with Crippen molar-refractivity contribution >= 4 is 36.4 Å². The van der Waals surface area contributed by atoms with E-state index in [0.29, 0.717) is 18.0 Å². The molecule has 1 aromatic carbocycles. The molecule has 1 unspecified atom stereocenters. The number of nitrogens with zero attached hydrogens (tertiary/aromatic N) is 3. The van der Waals surface area contributed by atoms with Crippen LogP contribution in [0.15, 0.2) is 42.7 Å². The van der Waals surface area contributed by atoms with Gasteiger partial charge in [0, 0.05) is 57.4 Å². The Morgan fingerprint density at radius 2 is 1.64 bits per heavy atom. The number of pyridine rings is 1. The summed E-state index contributed by atoms with van der Waals surface area (Å²) in [4.78, 5) is 20.7. The Hall–Kier alpha value is -1.82. The van der Waals surface area contributed by atoms with Crippen LogP contribution in [-0.2, 0) is 0 Å². The van der Waals surface area contributed by atoms with E-state index in [0.717, 1.165) is 23.2 Å². The summed E-state index contributed by atoms with van der Waals surface area (Å²) in [7, 11) is 5.83. The predicted octanol–water partition coefficient (Wildman–Crippen LogP) is 4.10. The number of benzene rings is 1. The van der Waals surface area contributed by atoms with Gasteiger partial charge in [-0.25, -0.2) is 0 Å². The SMILES string of the molecule is CC(C)C(N)CCN(C)C(=O)c1cncc(-c2ccc(N(C)C)cc2)c1.Cl.Cl. The molecule has 1 heterocycles. The van der Waals surface area contributed by atoms with E-state index < -0.39 is 0 Å². The molecule has 0 radical (unpaired) electrons. The third kappa shape index (κ3) is 6.97. The zero-order chi connectivity index (χ0) is 19.3. The van der Waals surface area contributed by atoms with E-state index in [1.54, 1.807) is 17.3 Å². The number of aromatic nitrogens is 1. The third-order valence-electron chi connectivity index (χ3n) is 4.70. The Balaban J connectivity index is 0.00000364. The van der Waals surface area contributed by atoms with E-state index in [4.69, 9.17) is 5.73 Å². The molecule has 2 aromatic rings. The zero-order valence-electron chi connectivity index (χ0n) is 17.3. The number of anilines is 1. The number of halogens is 2. The Kier molecular flexibility index (Phi) is 11.1. The highest BCUT2D eigenvalue weighted by Gasteiger charge is 2.15. The Morgan fingerprint density at radius 3 is 2.18 bits per heavy atom. The molecule has 2 N–H and O–H groups in total. The standard InChI is InChI=1S/C21H30N4O.2ClH/c1-15(2)20(22)10-11-25(5)21(26)18-12-17(13-23-14-18)16-6-8-19(9-7-16)24(3)4;;/h6-9,12-15,20H,10-11,22H2,1-5H3;2*1H. The number of hydrogen-bond donors (Lipinski definition) is 1. The van der Waals surface area contributed by atoms with Crippen LogP contribution in [0, 0.1) is 5.92 Å². The first-order valence-corrected chi connectivity index (χ1v) is 9.03. The van der Waals surface area contributed by atoms with Gasteiger partial charge in [0.1, 0.15) is 0 Å².